The molecule has 284 valence electrons. The van der Waals surface area contributed by atoms with Crippen LogP contribution in [0.25, 0.3) is 22.1 Å². The lowest BCUT2D eigenvalue weighted by atomic mass is 10.1. The summed E-state index contributed by atoms with van der Waals surface area (Å²) in [5.41, 5.74) is 10.5. The molecule has 6 rings (SSSR count). The van der Waals surface area contributed by atoms with Crippen LogP contribution in [0.2, 0.25) is 0 Å². The predicted octanol–water partition coefficient (Wildman–Crippen LogP) is 4.95. The number of amides is 3. The summed E-state index contributed by atoms with van der Waals surface area (Å²) >= 11 is 0. The molecule has 17 heteroatoms. The number of benzene rings is 2. The number of unbranched alkanes of at least 4 members (excludes halogenated alkanes) is 1. The molecule has 6 aromatic rings. The van der Waals surface area contributed by atoms with E-state index in [1.54, 1.807) is 51.8 Å². The Labute approximate surface area is 311 Å². The van der Waals surface area contributed by atoms with E-state index in [0.717, 1.165) is 0 Å². The van der Waals surface area contributed by atoms with E-state index in [1.807, 2.05) is 36.8 Å². The molecule has 0 fully saturated rings. The molecule has 0 spiro atoms. The van der Waals surface area contributed by atoms with Crippen molar-refractivity contribution in [2.24, 2.45) is 5.73 Å². The van der Waals surface area contributed by atoms with Gasteiger partial charge >= 0.3 is 5.97 Å². The molecular formula is C37H45N11O6. The molecule has 2 aromatic carbocycles. The number of ether oxygens (including phenoxy) is 2. The van der Waals surface area contributed by atoms with Crippen LogP contribution in [0.3, 0.4) is 0 Å². The second-order valence-electron chi connectivity index (χ2n) is 12.4. The topological polar surface area (TPSA) is 208 Å². The smallest absolute Gasteiger partial charge is 0.338 e. The fraction of sp³-hybridized carbons (Fsp3) is 0.351. The number of esters is 1. The second kappa shape index (κ2) is 16.0. The van der Waals surface area contributed by atoms with E-state index in [1.165, 1.54) is 14.2 Å². The maximum atomic E-state index is 13.5. The van der Waals surface area contributed by atoms with Crippen LogP contribution in [0.5, 0.6) is 5.75 Å². The maximum absolute atomic E-state index is 13.5. The van der Waals surface area contributed by atoms with Gasteiger partial charge in [0.15, 0.2) is 0 Å². The van der Waals surface area contributed by atoms with Crippen molar-refractivity contribution >= 4 is 57.7 Å². The SMILES string of the molecule is C.CCn1nc(C)cc1C(=O)Nc1nc2cc(C(N)=O)ccc2n1CCCCn1c(NC(=O)c2cc(C)nn2CC)nc2cc(C(=O)OC)cc(OC)c21. The lowest BCUT2D eigenvalue weighted by molar-refractivity contribution is 0.0600. The fourth-order valence-electron chi connectivity index (χ4n) is 6.35. The molecule has 4 N–H and O–H groups in total. The van der Waals surface area contributed by atoms with E-state index in [2.05, 4.69) is 25.8 Å². The fourth-order valence-corrected chi connectivity index (χ4v) is 6.35. The quantitative estimate of drug-likeness (QED) is 0.101. The van der Waals surface area contributed by atoms with Crippen LogP contribution in [0.15, 0.2) is 42.5 Å². The second-order valence-corrected chi connectivity index (χ2v) is 12.4. The molecule has 0 saturated heterocycles. The molecule has 4 heterocycles. The van der Waals surface area contributed by atoms with Gasteiger partial charge in [-0.25, -0.2) is 14.8 Å². The first-order valence-corrected chi connectivity index (χ1v) is 17.1. The number of anilines is 2. The number of nitrogens with one attached hydrogen (secondary N) is 2. The van der Waals surface area contributed by atoms with E-state index in [9.17, 15) is 19.2 Å². The summed E-state index contributed by atoms with van der Waals surface area (Å²) < 4.78 is 17.6. The third-order valence-electron chi connectivity index (χ3n) is 8.81. The van der Waals surface area contributed by atoms with Gasteiger partial charge in [0.05, 0.1) is 47.7 Å². The zero-order valence-corrected chi connectivity index (χ0v) is 30.4. The highest BCUT2D eigenvalue weighted by atomic mass is 16.5. The van der Waals surface area contributed by atoms with Gasteiger partial charge in [0.2, 0.25) is 17.8 Å². The van der Waals surface area contributed by atoms with Gasteiger partial charge in [-0.1, -0.05) is 7.43 Å². The molecule has 0 aliphatic carbocycles. The number of carbonyl (C=O) groups excluding carboxylic acids is 4. The highest BCUT2D eigenvalue weighted by Gasteiger charge is 2.23. The van der Waals surface area contributed by atoms with Gasteiger partial charge in [0.1, 0.15) is 22.7 Å². The molecule has 0 saturated carbocycles. The van der Waals surface area contributed by atoms with Crippen LogP contribution in [-0.2, 0) is 30.9 Å². The third kappa shape index (κ3) is 7.51. The minimum Gasteiger partial charge on any atom is -0.494 e. The van der Waals surface area contributed by atoms with Crippen molar-refractivity contribution in [1.82, 2.24) is 38.7 Å². The monoisotopic (exact) mass is 739 g/mol. The number of primary amides is 1. The van der Waals surface area contributed by atoms with E-state index >= 15 is 0 Å². The molecule has 3 amide bonds. The molecule has 0 unspecified atom stereocenters. The van der Waals surface area contributed by atoms with E-state index in [0.29, 0.717) is 101 Å². The number of imidazole rings is 2. The largest absolute Gasteiger partial charge is 0.494 e. The standard InChI is InChI=1S/C36H41N11O6.CH4/c1-7-46-27(15-20(3)42-46)32(49)40-35-38-24-17-22(31(37)48)11-12-26(24)44(35)13-9-10-14-45-30-25(18-23(34(51)53-6)19-29(30)52-5)39-36(45)41-33(50)28-16-21(4)43-47(28)8-2;/h11-12,15-19H,7-10,13-14H2,1-6H3,(H2,37,48)(H,38,40,49)(H,39,41,50);1H4. The Kier molecular flexibility index (Phi) is 11.5. The molecule has 0 bridgehead atoms. The first-order valence-electron chi connectivity index (χ1n) is 17.1. The first kappa shape index (κ1) is 38.7. The lowest BCUT2D eigenvalue weighted by Gasteiger charge is -2.14. The van der Waals surface area contributed by atoms with E-state index < -0.39 is 17.8 Å². The molecule has 0 aliphatic rings. The molecule has 4 aromatic heterocycles. The minimum absolute atomic E-state index is 0. The van der Waals surface area contributed by atoms with Crippen molar-refractivity contribution in [1.29, 1.82) is 0 Å². The normalized spacial score (nSPS) is 11.1. The van der Waals surface area contributed by atoms with Crippen LogP contribution in [0, 0.1) is 13.8 Å². The molecule has 0 atom stereocenters. The third-order valence-corrected chi connectivity index (χ3v) is 8.81. The van der Waals surface area contributed by atoms with Gasteiger partial charge in [-0.15, -0.1) is 0 Å². The number of fused-ring (bicyclic) bond motifs is 2. The Bertz CT molecular complexity index is 2380. The van der Waals surface area contributed by atoms with Gasteiger partial charge in [0.25, 0.3) is 11.8 Å². The van der Waals surface area contributed by atoms with Gasteiger partial charge in [-0.3, -0.25) is 34.4 Å². The van der Waals surface area contributed by atoms with Crippen LogP contribution >= 0.6 is 0 Å². The average Bonchev–Trinajstić information content (AvgIpc) is 3.91. The van der Waals surface area contributed by atoms with Gasteiger partial charge in [-0.2, -0.15) is 10.2 Å². The first-order chi connectivity index (χ1) is 25.5. The van der Waals surface area contributed by atoms with Crippen molar-refractivity contribution in [3.63, 3.8) is 0 Å². The predicted molar refractivity (Wildman–Crippen MR) is 203 cm³/mol. The molecule has 17 nitrogen and oxygen atoms in total. The number of nitrogens with two attached hydrogens (primary N) is 1. The van der Waals surface area contributed by atoms with Gasteiger partial charge in [0, 0.05) is 31.7 Å². The highest BCUT2D eigenvalue weighted by molar-refractivity contribution is 6.05. The van der Waals surface area contributed by atoms with E-state index in [-0.39, 0.29) is 24.8 Å². The Morgan fingerprint density at radius 3 is 1.81 bits per heavy atom. The molecular weight excluding hydrogens is 694 g/mol. The zero-order valence-electron chi connectivity index (χ0n) is 30.4. The number of aromatic nitrogens is 8. The number of nitrogens with zero attached hydrogens (tertiary/aromatic N) is 8. The number of rotatable bonds is 14. The lowest BCUT2D eigenvalue weighted by Crippen LogP contribution is -2.20. The number of methoxy groups -OCH3 is 2. The summed E-state index contributed by atoms with van der Waals surface area (Å²) in [6.07, 6.45) is 1.17. The average molecular weight is 740 g/mol. The summed E-state index contributed by atoms with van der Waals surface area (Å²) in [5.74, 6) is -0.973. The summed E-state index contributed by atoms with van der Waals surface area (Å²) in [4.78, 5) is 60.8. The van der Waals surface area contributed by atoms with Crippen molar-refractivity contribution in [2.75, 3.05) is 24.9 Å². The summed E-state index contributed by atoms with van der Waals surface area (Å²) in [6.45, 7) is 9.27. The highest BCUT2D eigenvalue weighted by Crippen LogP contribution is 2.32. The summed E-state index contributed by atoms with van der Waals surface area (Å²) in [7, 11) is 2.78. The van der Waals surface area contributed by atoms with Crippen molar-refractivity contribution < 1.29 is 28.7 Å². The molecule has 54 heavy (non-hydrogen) atoms. The van der Waals surface area contributed by atoms with Crippen molar-refractivity contribution in [3.8, 4) is 5.75 Å². The van der Waals surface area contributed by atoms with E-state index in [4.69, 9.17) is 20.2 Å². The van der Waals surface area contributed by atoms with Crippen LogP contribution < -0.4 is 21.1 Å². The Hall–Kier alpha value is -6.52. The number of hydrogen-bond donors (Lipinski definition) is 3. The summed E-state index contributed by atoms with van der Waals surface area (Å²) in [5, 5.41) is 14.7. The Balaban J connectivity index is 0.00000561. The van der Waals surface area contributed by atoms with Crippen LogP contribution in [0.1, 0.15) is 87.2 Å². The minimum atomic E-state index is -0.590. The van der Waals surface area contributed by atoms with Crippen LogP contribution in [-0.4, -0.2) is 76.6 Å². The number of hydrogen-bond acceptors (Lipinski definition) is 10. The zero-order chi connectivity index (χ0) is 38.0. The van der Waals surface area contributed by atoms with Crippen LogP contribution in [0.4, 0.5) is 11.9 Å². The van der Waals surface area contributed by atoms with Gasteiger partial charge < -0.3 is 24.3 Å². The van der Waals surface area contributed by atoms with Gasteiger partial charge in [-0.05, 0) is 83.0 Å². The Morgan fingerprint density at radius 1 is 0.741 bits per heavy atom. The molecule has 0 radical (unpaired) electrons. The number of aryl methyl sites for hydroxylation is 6. The van der Waals surface area contributed by atoms with Crippen molar-refractivity contribution in [2.45, 2.75) is 74.1 Å². The van der Waals surface area contributed by atoms with Crippen molar-refractivity contribution in [3.05, 3.63) is 76.4 Å². The molecule has 0 aliphatic heterocycles. The number of carbonyl (C=O) groups is 4. The Morgan fingerprint density at radius 2 is 1.28 bits per heavy atom. The summed E-state index contributed by atoms with van der Waals surface area (Å²) in [6, 6.07) is 11.6. The maximum Gasteiger partial charge on any atom is 0.338 e.